The minimum atomic E-state index is -0.497. The van der Waals surface area contributed by atoms with E-state index in [1.807, 2.05) is 80.6 Å². The van der Waals surface area contributed by atoms with Crippen LogP contribution in [0.2, 0.25) is 0 Å². The van der Waals surface area contributed by atoms with Crippen LogP contribution in [0.25, 0.3) is 11.1 Å². The Morgan fingerprint density at radius 1 is 0.878 bits per heavy atom. The average Bonchev–Trinajstić information content (AvgIpc) is 3.10. The van der Waals surface area contributed by atoms with Crippen molar-refractivity contribution in [3.8, 4) is 28.5 Å². The number of para-hydroxylation sites is 1. The molecule has 49 heavy (non-hydrogen) atoms. The van der Waals surface area contributed by atoms with E-state index in [-0.39, 0.29) is 23.1 Å². The Balaban J connectivity index is 1.19. The molecule has 5 aromatic rings. The first kappa shape index (κ1) is 33.6. The number of hydrogen-bond donors (Lipinski definition) is 2. The summed E-state index contributed by atoms with van der Waals surface area (Å²) in [6.07, 6.45) is 2.22. The van der Waals surface area contributed by atoms with Gasteiger partial charge in [-0.1, -0.05) is 60.7 Å². The number of carbonyl (C=O) groups is 1. The summed E-state index contributed by atoms with van der Waals surface area (Å²) in [6, 6.07) is 27.9. The molecule has 2 heterocycles. The molecule has 1 aliphatic heterocycles. The van der Waals surface area contributed by atoms with Crippen molar-refractivity contribution in [1.82, 2.24) is 19.8 Å². The SMILES string of the molecule is Cc1cccc(C)c1NC(=O)c1cnc(Nc2ccc(OCCCN3CCN(C)CC3)c(F)c2)nc1Oc1cccc(-c2ccccc2)c1. The number of anilines is 3. The number of benzene rings is 4. The van der Waals surface area contributed by atoms with E-state index in [4.69, 9.17) is 9.47 Å². The predicted molar refractivity (Wildman–Crippen MR) is 192 cm³/mol. The van der Waals surface area contributed by atoms with Crippen LogP contribution < -0.4 is 20.1 Å². The van der Waals surface area contributed by atoms with E-state index in [0.29, 0.717) is 23.7 Å². The van der Waals surface area contributed by atoms with E-state index in [1.54, 1.807) is 18.2 Å². The molecule has 0 aliphatic carbocycles. The Hall–Kier alpha value is -5.32. The van der Waals surface area contributed by atoms with E-state index in [1.165, 1.54) is 12.3 Å². The maximum absolute atomic E-state index is 15.1. The molecule has 4 aromatic carbocycles. The Morgan fingerprint density at radius 3 is 2.37 bits per heavy atom. The van der Waals surface area contributed by atoms with Crippen molar-refractivity contribution >= 4 is 23.2 Å². The summed E-state index contributed by atoms with van der Waals surface area (Å²) < 4.78 is 27.1. The molecular formula is C39H41FN6O3. The van der Waals surface area contributed by atoms with Crippen LogP contribution in [0.4, 0.5) is 21.7 Å². The summed E-state index contributed by atoms with van der Waals surface area (Å²) in [5, 5.41) is 6.04. The molecule has 1 fully saturated rings. The zero-order chi connectivity index (χ0) is 34.2. The highest BCUT2D eigenvalue weighted by Gasteiger charge is 2.20. The molecular weight excluding hydrogens is 619 g/mol. The Morgan fingerprint density at radius 2 is 1.61 bits per heavy atom. The third kappa shape index (κ3) is 8.78. The molecule has 1 amide bonds. The molecule has 6 rings (SSSR count). The van der Waals surface area contributed by atoms with Gasteiger partial charge in [-0.25, -0.2) is 9.37 Å². The summed E-state index contributed by atoms with van der Waals surface area (Å²) >= 11 is 0. The third-order valence-corrected chi connectivity index (χ3v) is 8.53. The normalized spacial score (nSPS) is 13.6. The number of halogens is 1. The van der Waals surface area contributed by atoms with Gasteiger partial charge in [0.2, 0.25) is 11.8 Å². The molecule has 2 N–H and O–H groups in total. The molecule has 9 nitrogen and oxygen atoms in total. The molecule has 0 spiro atoms. The van der Waals surface area contributed by atoms with Gasteiger partial charge in [0.1, 0.15) is 11.3 Å². The standard InChI is InChI=1S/C39H41FN6O3/c1-27-10-7-11-28(2)36(27)43-37(47)33-26-41-39(44-38(33)49-32-15-8-14-30(24-32)29-12-5-4-6-13-29)42-31-16-17-35(34(40)25-31)48-23-9-18-46-21-19-45(3)20-22-46/h4-8,10-17,24-26H,9,18-23H2,1-3H3,(H,43,47)(H,41,42,44). The smallest absolute Gasteiger partial charge is 0.262 e. The van der Waals surface area contributed by atoms with Crippen LogP contribution >= 0.6 is 0 Å². The zero-order valence-corrected chi connectivity index (χ0v) is 28.1. The number of hydrogen-bond acceptors (Lipinski definition) is 8. The minimum Gasteiger partial charge on any atom is -0.490 e. The molecule has 252 valence electrons. The van der Waals surface area contributed by atoms with Gasteiger partial charge >= 0.3 is 0 Å². The topological polar surface area (TPSA) is 91.8 Å². The van der Waals surface area contributed by atoms with Crippen molar-refractivity contribution in [3.05, 3.63) is 120 Å². The largest absolute Gasteiger partial charge is 0.490 e. The van der Waals surface area contributed by atoms with Gasteiger partial charge in [-0.2, -0.15) is 4.98 Å². The minimum absolute atomic E-state index is 0.0484. The second-order valence-electron chi connectivity index (χ2n) is 12.2. The van der Waals surface area contributed by atoms with E-state index in [9.17, 15) is 4.79 Å². The molecule has 0 saturated carbocycles. The monoisotopic (exact) mass is 660 g/mol. The number of aromatic nitrogens is 2. The number of ether oxygens (including phenoxy) is 2. The first-order valence-corrected chi connectivity index (χ1v) is 16.5. The lowest BCUT2D eigenvalue weighted by molar-refractivity contribution is 0.102. The summed E-state index contributed by atoms with van der Waals surface area (Å²) in [6.45, 7) is 9.42. The molecule has 0 bridgehead atoms. The fourth-order valence-corrected chi connectivity index (χ4v) is 5.70. The van der Waals surface area contributed by atoms with E-state index in [0.717, 1.165) is 61.4 Å². The van der Waals surface area contributed by atoms with Gasteiger partial charge in [-0.05, 0) is 73.8 Å². The third-order valence-electron chi connectivity index (χ3n) is 8.53. The number of aryl methyl sites for hydroxylation is 2. The van der Waals surface area contributed by atoms with Gasteiger partial charge in [0.05, 0.1) is 6.61 Å². The van der Waals surface area contributed by atoms with Crippen LogP contribution in [0, 0.1) is 19.7 Å². The van der Waals surface area contributed by atoms with Crippen LogP contribution in [-0.4, -0.2) is 72.1 Å². The van der Waals surface area contributed by atoms with Gasteiger partial charge < -0.3 is 29.9 Å². The van der Waals surface area contributed by atoms with Crippen molar-refractivity contribution in [2.45, 2.75) is 20.3 Å². The first-order valence-electron chi connectivity index (χ1n) is 16.5. The van der Waals surface area contributed by atoms with Crippen molar-refractivity contribution in [3.63, 3.8) is 0 Å². The highest BCUT2D eigenvalue weighted by atomic mass is 19.1. The maximum Gasteiger partial charge on any atom is 0.262 e. The molecule has 0 unspecified atom stereocenters. The Kier molecular flexibility index (Phi) is 10.8. The summed E-state index contributed by atoms with van der Waals surface area (Å²) in [4.78, 5) is 27.3. The second kappa shape index (κ2) is 15.7. The van der Waals surface area contributed by atoms with Gasteiger partial charge in [0, 0.05) is 56.4 Å². The molecule has 0 atom stereocenters. The highest BCUT2D eigenvalue weighted by Crippen LogP contribution is 2.31. The van der Waals surface area contributed by atoms with E-state index >= 15 is 4.39 Å². The molecule has 1 saturated heterocycles. The Bertz CT molecular complexity index is 1880. The number of nitrogens with one attached hydrogen (secondary N) is 2. The quantitative estimate of drug-likeness (QED) is 0.132. The number of carbonyl (C=O) groups excluding carboxylic acids is 1. The van der Waals surface area contributed by atoms with E-state index < -0.39 is 11.7 Å². The van der Waals surface area contributed by atoms with Crippen molar-refractivity contribution in [2.75, 3.05) is 57.0 Å². The number of amides is 1. The number of likely N-dealkylation sites (N-methyl/N-ethyl adjacent to an activating group) is 1. The van der Waals surface area contributed by atoms with Gasteiger partial charge in [0.15, 0.2) is 11.6 Å². The lowest BCUT2D eigenvalue weighted by Crippen LogP contribution is -2.44. The van der Waals surface area contributed by atoms with Crippen molar-refractivity contribution < 1.29 is 18.7 Å². The molecule has 1 aromatic heterocycles. The number of rotatable bonds is 12. The maximum atomic E-state index is 15.1. The summed E-state index contributed by atoms with van der Waals surface area (Å²) in [5.41, 5.74) is 5.10. The fourth-order valence-electron chi connectivity index (χ4n) is 5.70. The van der Waals surface area contributed by atoms with Crippen LogP contribution in [-0.2, 0) is 0 Å². The van der Waals surface area contributed by atoms with Crippen LogP contribution in [0.3, 0.4) is 0 Å². The van der Waals surface area contributed by atoms with E-state index in [2.05, 4.69) is 37.4 Å². The second-order valence-corrected chi connectivity index (χ2v) is 12.2. The van der Waals surface area contributed by atoms with Crippen LogP contribution in [0.1, 0.15) is 27.9 Å². The van der Waals surface area contributed by atoms with Gasteiger partial charge in [-0.3, -0.25) is 4.79 Å². The van der Waals surface area contributed by atoms with Crippen molar-refractivity contribution in [1.29, 1.82) is 0 Å². The number of nitrogens with zero attached hydrogens (tertiary/aromatic N) is 4. The Labute approximate surface area is 286 Å². The lowest BCUT2D eigenvalue weighted by Gasteiger charge is -2.32. The summed E-state index contributed by atoms with van der Waals surface area (Å²) in [7, 11) is 2.13. The fraction of sp³-hybridized carbons (Fsp3) is 0.256. The van der Waals surface area contributed by atoms with Crippen LogP contribution in [0.15, 0.2) is 97.2 Å². The predicted octanol–water partition coefficient (Wildman–Crippen LogP) is 7.70. The summed E-state index contributed by atoms with van der Waals surface area (Å²) in [5.74, 6) is -0.0509. The lowest BCUT2D eigenvalue weighted by atomic mass is 10.1. The van der Waals surface area contributed by atoms with Gasteiger partial charge in [-0.15, -0.1) is 0 Å². The molecule has 10 heteroatoms. The first-order chi connectivity index (χ1) is 23.8. The number of piperazine rings is 1. The highest BCUT2D eigenvalue weighted by molar-refractivity contribution is 6.06. The molecule has 1 aliphatic rings. The zero-order valence-electron chi connectivity index (χ0n) is 28.1. The van der Waals surface area contributed by atoms with Crippen molar-refractivity contribution in [2.24, 2.45) is 0 Å². The average molecular weight is 661 g/mol. The van der Waals surface area contributed by atoms with Gasteiger partial charge in [0.25, 0.3) is 5.91 Å². The molecule has 0 radical (unpaired) electrons. The van der Waals surface area contributed by atoms with Crippen LogP contribution in [0.5, 0.6) is 17.4 Å².